The highest BCUT2D eigenvalue weighted by molar-refractivity contribution is 6.01. The van der Waals surface area contributed by atoms with Crippen LogP contribution in [0.25, 0.3) is 22.1 Å². The summed E-state index contributed by atoms with van der Waals surface area (Å²) in [6, 6.07) is 11.2. The van der Waals surface area contributed by atoms with Crippen molar-refractivity contribution in [2.45, 2.75) is 0 Å². The van der Waals surface area contributed by atoms with E-state index in [1.54, 1.807) is 30.3 Å². The van der Waals surface area contributed by atoms with Gasteiger partial charge < -0.3 is 19.7 Å². The van der Waals surface area contributed by atoms with E-state index in [0.29, 0.717) is 5.56 Å². The van der Waals surface area contributed by atoms with Crippen molar-refractivity contribution >= 4 is 11.0 Å². The third kappa shape index (κ3) is 1.68. The number of hydrogen-bond donors (Lipinski definition) is 3. The van der Waals surface area contributed by atoms with Crippen molar-refractivity contribution in [3.63, 3.8) is 0 Å². The first-order valence-corrected chi connectivity index (χ1v) is 5.85. The molecule has 2 aromatic carbocycles. The molecule has 0 spiro atoms. The maximum atomic E-state index is 11.7. The molecule has 20 heavy (non-hydrogen) atoms. The molecule has 1 aromatic heterocycles. The summed E-state index contributed by atoms with van der Waals surface area (Å²) in [5, 5.41) is 29.6. The van der Waals surface area contributed by atoms with Gasteiger partial charge in [0.15, 0.2) is 11.5 Å². The molecule has 3 aromatic rings. The average molecular weight is 270 g/mol. The van der Waals surface area contributed by atoms with Crippen LogP contribution in [0.5, 0.6) is 17.2 Å². The molecule has 0 fully saturated rings. The standard InChI is InChI=1S/C15H10O5/c16-9-6-7-10-12(13(9)17)11(14(18)15(19)20-10)8-4-2-1-3-5-8/h1-7,16-18H. The van der Waals surface area contributed by atoms with Gasteiger partial charge in [-0.1, -0.05) is 30.3 Å². The van der Waals surface area contributed by atoms with Crippen LogP contribution in [0.3, 0.4) is 0 Å². The second-order valence-corrected chi connectivity index (χ2v) is 4.29. The number of aromatic hydroxyl groups is 3. The number of fused-ring (bicyclic) bond motifs is 1. The molecule has 5 heteroatoms. The van der Waals surface area contributed by atoms with Crippen LogP contribution in [-0.4, -0.2) is 15.3 Å². The number of phenols is 2. The molecule has 3 rings (SSSR count). The van der Waals surface area contributed by atoms with Crippen LogP contribution in [0.2, 0.25) is 0 Å². The van der Waals surface area contributed by atoms with Crippen molar-refractivity contribution in [1.29, 1.82) is 0 Å². The fourth-order valence-corrected chi connectivity index (χ4v) is 2.14. The van der Waals surface area contributed by atoms with Crippen LogP contribution in [0.1, 0.15) is 0 Å². The van der Waals surface area contributed by atoms with E-state index in [4.69, 9.17) is 4.42 Å². The molecule has 3 N–H and O–H groups in total. The molecule has 0 radical (unpaired) electrons. The third-order valence-electron chi connectivity index (χ3n) is 3.06. The zero-order valence-corrected chi connectivity index (χ0v) is 10.2. The van der Waals surface area contributed by atoms with Crippen LogP contribution < -0.4 is 5.63 Å². The van der Waals surface area contributed by atoms with Gasteiger partial charge in [-0.25, -0.2) is 4.79 Å². The molecular weight excluding hydrogens is 260 g/mol. The Labute approximate surface area is 113 Å². The Kier molecular flexibility index (Phi) is 2.61. The van der Waals surface area contributed by atoms with Gasteiger partial charge in [0, 0.05) is 5.56 Å². The Morgan fingerprint density at radius 3 is 2.25 bits per heavy atom. The number of benzene rings is 2. The normalized spacial score (nSPS) is 10.8. The quantitative estimate of drug-likeness (QED) is 0.467. The van der Waals surface area contributed by atoms with Crippen molar-refractivity contribution in [2.24, 2.45) is 0 Å². The molecule has 0 aliphatic heterocycles. The molecule has 0 atom stereocenters. The number of rotatable bonds is 1. The van der Waals surface area contributed by atoms with E-state index in [1.807, 2.05) is 0 Å². The summed E-state index contributed by atoms with van der Waals surface area (Å²) in [5.74, 6) is -1.41. The van der Waals surface area contributed by atoms with Crippen molar-refractivity contribution in [3.05, 3.63) is 52.9 Å². The van der Waals surface area contributed by atoms with E-state index < -0.39 is 17.1 Å². The second kappa shape index (κ2) is 4.31. The lowest BCUT2D eigenvalue weighted by molar-refractivity contribution is 0.403. The SMILES string of the molecule is O=c1oc2ccc(O)c(O)c2c(-c2ccccc2)c1O. The molecule has 0 aliphatic rings. The summed E-state index contributed by atoms with van der Waals surface area (Å²) in [6.45, 7) is 0. The van der Waals surface area contributed by atoms with E-state index in [9.17, 15) is 20.1 Å². The summed E-state index contributed by atoms with van der Waals surface area (Å²) in [5.41, 5.74) is -0.155. The lowest BCUT2D eigenvalue weighted by Crippen LogP contribution is -2.00. The minimum Gasteiger partial charge on any atom is -0.504 e. The lowest BCUT2D eigenvalue weighted by atomic mass is 10.00. The van der Waals surface area contributed by atoms with Crippen molar-refractivity contribution in [1.82, 2.24) is 0 Å². The third-order valence-corrected chi connectivity index (χ3v) is 3.06. The van der Waals surface area contributed by atoms with E-state index >= 15 is 0 Å². The summed E-state index contributed by atoms with van der Waals surface area (Å²) in [6.07, 6.45) is 0. The zero-order valence-electron chi connectivity index (χ0n) is 10.2. The monoisotopic (exact) mass is 270 g/mol. The van der Waals surface area contributed by atoms with Gasteiger partial charge in [0.1, 0.15) is 5.58 Å². The molecule has 100 valence electrons. The maximum Gasteiger partial charge on any atom is 0.379 e. The minimum atomic E-state index is -0.901. The molecule has 0 saturated carbocycles. The van der Waals surface area contributed by atoms with E-state index in [2.05, 4.69) is 0 Å². The highest BCUT2D eigenvalue weighted by Gasteiger charge is 2.19. The largest absolute Gasteiger partial charge is 0.504 e. The molecule has 1 heterocycles. The van der Waals surface area contributed by atoms with E-state index in [-0.39, 0.29) is 22.3 Å². The number of hydrogen-bond acceptors (Lipinski definition) is 5. The lowest BCUT2D eigenvalue weighted by Gasteiger charge is -2.10. The van der Waals surface area contributed by atoms with Crippen LogP contribution >= 0.6 is 0 Å². The predicted octanol–water partition coefficient (Wildman–Crippen LogP) is 2.58. The van der Waals surface area contributed by atoms with Gasteiger partial charge in [-0.15, -0.1) is 0 Å². The molecule has 0 saturated heterocycles. The van der Waals surface area contributed by atoms with Gasteiger partial charge in [0.25, 0.3) is 0 Å². The van der Waals surface area contributed by atoms with Crippen LogP contribution in [0.4, 0.5) is 0 Å². The maximum absolute atomic E-state index is 11.7. The van der Waals surface area contributed by atoms with Gasteiger partial charge in [-0.3, -0.25) is 0 Å². The van der Waals surface area contributed by atoms with Gasteiger partial charge in [-0.05, 0) is 17.7 Å². The highest BCUT2D eigenvalue weighted by Crippen LogP contribution is 2.42. The first-order valence-electron chi connectivity index (χ1n) is 5.85. The fraction of sp³-hybridized carbons (Fsp3) is 0. The fourth-order valence-electron chi connectivity index (χ4n) is 2.14. The van der Waals surface area contributed by atoms with Crippen molar-refractivity contribution in [3.8, 4) is 28.4 Å². The summed E-state index contributed by atoms with van der Waals surface area (Å²) in [4.78, 5) is 11.7. The number of phenolic OH excluding ortho intramolecular Hbond substituents is 2. The predicted molar refractivity (Wildman–Crippen MR) is 72.9 cm³/mol. The Morgan fingerprint density at radius 2 is 1.55 bits per heavy atom. The topological polar surface area (TPSA) is 90.9 Å². The zero-order chi connectivity index (χ0) is 14.3. The van der Waals surface area contributed by atoms with Crippen molar-refractivity contribution < 1.29 is 19.7 Å². The summed E-state index contributed by atoms with van der Waals surface area (Å²) in [7, 11) is 0. The Morgan fingerprint density at radius 1 is 0.850 bits per heavy atom. The highest BCUT2D eigenvalue weighted by atomic mass is 16.4. The van der Waals surface area contributed by atoms with Gasteiger partial charge >= 0.3 is 5.63 Å². The molecule has 0 aliphatic carbocycles. The van der Waals surface area contributed by atoms with E-state index in [0.717, 1.165) is 0 Å². The Bertz CT molecular complexity index is 850. The first kappa shape index (κ1) is 12.1. The summed E-state index contributed by atoms with van der Waals surface area (Å²) < 4.78 is 4.91. The van der Waals surface area contributed by atoms with Crippen LogP contribution in [-0.2, 0) is 0 Å². The second-order valence-electron chi connectivity index (χ2n) is 4.29. The average Bonchev–Trinajstić information content (AvgIpc) is 2.46. The van der Waals surface area contributed by atoms with Gasteiger partial charge in [0.2, 0.25) is 5.75 Å². The van der Waals surface area contributed by atoms with Gasteiger partial charge in [0.05, 0.1) is 5.39 Å². The van der Waals surface area contributed by atoms with Crippen LogP contribution in [0, 0.1) is 0 Å². The first-order chi connectivity index (χ1) is 9.59. The van der Waals surface area contributed by atoms with Gasteiger partial charge in [-0.2, -0.15) is 0 Å². The molecule has 5 nitrogen and oxygen atoms in total. The smallest absolute Gasteiger partial charge is 0.379 e. The minimum absolute atomic E-state index is 0.0851. The molecule has 0 unspecified atom stereocenters. The Balaban J connectivity index is 2.55. The van der Waals surface area contributed by atoms with Crippen molar-refractivity contribution in [2.75, 3.05) is 0 Å². The molecule has 0 bridgehead atoms. The Hall–Kier alpha value is -2.95. The van der Waals surface area contributed by atoms with Crippen LogP contribution in [0.15, 0.2) is 51.7 Å². The molecule has 0 amide bonds. The van der Waals surface area contributed by atoms with E-state index in [1.165, 1.54) is 12.1 Å². The molecular formula is C15H10O5. The summed E-state index contributed by atoms with van der Waals surface area (Å²) >= 11 is 0.